The second-order valence-electron chi connectivity index (χ2n) is 6.85. The molecule has 4 N–H and O–H groups in total. The van der Waals surface area contributed by atoms with Gasteiger partial charge in [0.15, 0.2) is 18.9 Å². The second-order valence-corrected chi connectivity index (χ2v) is 6.85. The van der Waals surface area contributed by atoms with Crippen molar-refractivity contribution in [3.8, 4) is 0 Å². The van der Waals surface area contributed by atoms with E-state index >= 15 is 0 Å². The van der Waals surface area contributed by atoms with Gasteiger partial charge in [-0.15, -0.1) is 0 Å². The Kier molecular flexibility index (Phi) is 22.1. The summed E-state index contributed by atoms with van der Waals surface area (Å²) in [6.07, 6.45) is 11.8. The first-order valence-corrected chi connectivity index (χ1v) is 9.34. The maximum atomic E-state index is 11.1. The zero-order chi connectivity index (χ0) is 17.8. The molecule has 0 spiro atoms. The molecule has 150 valence electrons. The molecule has 0 amide bonds. The standard InChI is InChI=1S/C18H32N2O4.2Na.H2O.2H/c1-2-3-4-5-6-7-8-9-10-11-16-19-12-13-20(16,14-17(21)22)15-18(23)24;;;;;/h2-15H2,1H3,(H-,21,22,23,24);;;1H2;;/p+1. The van der Waals surface area contributed by atoms with Crippen LogP contribution in [0.25, 0.3) is 0 Å². The van der Waals surface area contributed by atoms with Crippen LogP contribution in [0.4, 0.5) is 0 Å². The fourth-order valence-electron chi connectivity index (χ4n) is 3.47. The van der Waals surface area contributed by atoms with Gasteiger partial charge in [-0.1, -0.05) is 58.3 Å². The van der Waals surface area contributed by atoms with E-state index in [0.29, 0.717) is 13.1 Å². The molecule has 1 heterocycles. The van der Waals surface area contributed by atoms with Gasteiger partial charge in [-0.05, 0) is 6.42 Å². The van der Waals surface area contributed by atoms with Crippen molar-refractivity contribution in [3.63, 3.8) is 0 Å². The van der Waals surface area contributed by atoms with Crippen molar-refractivity contribution in [1.82, 2.24) is 0 Å². The summed E-state index contributed by atoms with van der Waals surface area (Å²) in [7, 11) is 0. The Hall–Kier alpha value is 0.530. The molecule has 0 unspecified atom stereocenters. The van der Waals surface area contributed by atoms with Crippen molar-refractivity contribution in [2.45, 2.75) is 71.1 Å². The fraction of sp³-hybridized carbons (Fsp3) is 0.833. The summed E-state index contributed by atoms with van der Waals surface area (Å²) in [6, 6.07) is 0. The minimum absolute atomic E-state index is 0. The fourth-order valence-corrected chi connectivity index (χ4v) is 3.47. The number of hydrogen-bond donors (Lipinski definition) is 2. The molecule has 0 aromatic rings. The quantitative estimate of drug-likeness (QED) is 0.255. The Bertz CT molecular complexity index is 431. The number of aliphatic carboxylic acids is 2. The van der Waals surface area contributed by atoms with E-state index < -0.39 is 11.9 Å². The van der Waals surface area contributed by atoms with Gasteiger partial charge in [-0.2, -0.15) is 0 Å². The molecule has 1 aliphatic heterocycles. The van der Waals surface area contributed by atoms with Crippen LogP contribution in [-0.4, -0.2) is 123 Å². The van der Waals surface area contributed by atoms with Crippen LogP contribution < -0.4 is 0 Å². The Labute approximate surface area is 207 Å². The van der Waals surface area contributed by atoms with Crippen molar-refractivity contribution in [2.75, 3.05) is 26.2 Å². The summed E-state index contributed by atoms with van der Waals surface area (Å²) in [5.41, 5.74) is 0. The van der Waals surface area contributed by atoms with E-state index in [4.69, 9.17) is 10.2 Å². The summed E-state index contributed by atoms with van der Waals surface area (Å²) in [4.78, 5) is 26.7. The van der Waals surface area contributed by atoms with Gasteiger partial charge in [0.1, 0.15) is 6.54 Å². The number of carbonyl (C=O) groups is 2. The third-order valence-corrected chi connectivity index (χ3v) is 4.75. The molecular formula is C18H37N2Na2O5+. The van der Waals surface area contributed by atoms with Gasteiger partial charge < -0.3 is 15.7 Å². The SMILES string of the molecule is CCCCCCCCCCCC1=NCC[N+]1(CC(=O)O)CC(=O)O.O.[NaH].[NaH]. The normalized spacial score (nSPS) is 14.3. The van der Waals surface area contributed by atoms with Crippen LogP contribution in [0.3, 0.4) is 0 Å². The van der Waals surface area contributed by atoms with Gasteiger partial charge in [0.05, 0.1) is 6.54 Å². The molecule has 7 nitrogen and oxygen atoms in total. The van der Waals surface area contributed by atoms with Crippen LogP contribution in [0.1, 0.15) is 71.1 Å². The number of hydrogen-bond acceptors (Lipinski definition) is 3. The monoisotopic (exact) mass is 407 g/mol. The summed E-state index contributed by atoms with van der Waals surface area (Å²) >= 11 is 0. The molecule has 0 aromatic heterocycles. The van der Waals surface area contributed by atoms with Gasteiger partial charge in [0, 0.05) is 6.42 Å². The van der Waals surface area contributed by atoms with E-state index in [9.17, 15) is 9.59 Å². The molecule has 1 aliphatic rings. The van der Waals surface area contributed by atoms with E-state index in [1.54, 1.807) is 0 Å². The molecule has 0 bridgehead atoms. The number of amidine groups is 1. The molecule has 0 aliphatic carbocycles. The Morgan fingerprint density at radius 1 is 0.889 bits per heavy atom. The Balaban J connectivity index is -0.00000192. The van der Waals surface area contributed by atoms with E-state index in [1.165, 1.54) is 44.9 Å². The van der Waals surface area contributed by atoms with Crippen LogP contribution in [0.15, 0.2) is 4.99 Å². The predicted octanol–water partition coefficient (Wildman–Crippen LogP) is 1.18. The number of nitrogens with zero attached hydrogens (tertiary/aromatic N) is 2. The van der Waals surface area contributed by atoms with E-state index in [0.717, 1.165) is 25.1 Å². The van der Waals surface area contributed by atoms with E-state index in [-0.39, 0.29) is 82.2 Å². The average molecular weight is 407 g/mol. The minimum atomic E-state index is -0.960. The summed E-state index contributed by atoms with van der Waals surface area (Å²) in [5.74, 6) is -1.15. The van der Waals surface area contributed by atoms with Crippen molar-refractivity contribution in [1.29, 1.82) is 0 Å². The molecule has 0 aromatic carbocycles. The number of quaternary nitrogens is 1. The summed E-state index contributed by atoms with van der Waals surface area (Å²) in [6.45, 7) is 2.89. The Morgan fingerprint density at radius 2 is 1.33 bits per heavy atom. The van der Waals surface area contributed by atoms with Crippen LogP contribution in [0.5, 0.6) is 0 Å². The third-order valence-electron chi connectivity index (χ3n) is 4.75. The summed E-state index contributed by atoms with van der Waals surface area (Å²) < 4.78 is 0.00167. The zero-order valence-corrected chi connectivity index (χ0v) is 15.5. The first kappa shape index (κ1) is 32.2. The third kappa shape index (κ3) is 13.4. The maximum absolute atomic E-state index is 11.1. The van der Waals surface area contributed by atoms with Gasteiger partial charge in [0.25, 0.3) is 0 Å². The molecule has 0 radical (unpaired) electrons. The topological polar surface area (TPSA) is 118 Å². The van der Waals surface area contributed by atoms with E-state index in [2.05, 4.69) is 11.9 Å². The number of aliphatic imine (C=N–C) groups is 1. The van der Waals surface area contributed by atoms with Crippen molar-refractivity contribution < 1.29 is 29.8 Å². The van der Waals surface area contributed by atoms with Crippen molar-refractivity contribution >= 4 is 76.9 Å². The summed E-state index contributed by atoms with van der Waals surface area (Å²) in [5, 5.41) is 18.3. The number of carboxylic acid groups (broad SMARTS) is 2. The van der Waals surface area contributed by atoms with Gasteiger partial charge in [-0.3, -0.25) is 4.48 Å². The number of rotatable bonds is 14. The number of unbranched alkanes of at least 4 members (excludes halogenated alkanes) is 8. The van der Waals surface area contributed by atoms with Crippen LogP contribution >= 0.6 is 0 Å². The molecule has 0 saturated heterocycles. The molecule has 0 fully saturated rings. The molecule has 1 rings (SSSR count). The van der Waals surface area contributed by atoms with Gasteiger partial charge >= 0.3 is 71.1 Å². The van der Waals surface area contributed by atoms with Gasteiger partial charge in [-0.25, -0.2) is 14.6 Å². The van der Waals surface area contributed by atoms with Crippen LogP contribution in [0.2, 0.25) is 0 Å². The first-order chi connectivity index (χ1) is 11.5. The zero-order valence-electron chi connectivity index (χ0n) is 15.5. The molecule has 9 heteroatoms. The molecule has 27 heavy (non-hydrogen) atoms. The second kappa shape index (κ2) is 18.6. The van der Waals surface area contributed by atoms with Crippen molar-refractivity contribution in [3.05, 3.63) is 0 Å². The van der Waals surface area contributed by atoms with Gasteiger partial charge in [0.2, 0.25) is 0 Å². The first-order valence-electron chi connectivity index (χ1n) is 9.34. The average Bonchev–Trinajstić information content (AvgIpc) is 2.86. The molecule has 0 saturated carbocycles. The van der Waals surface area contributed by atoms with Crippen LogP contribution in [0, 0.1) is 0 Å². The van der Waals surface area contributed by atoms with Crippen LogP contribution in [-0.2, 0) is 9.59 Å². The Morgan fingerprint density at radius 3 is 1.78 bits per heavy atom. The number of carboxylic acids is 2. The molecule has 0 atom stereocenters. The van der Waals surface area contributed by atoms with Crippen molar-refractivity contribution in [2.24, 2.45) is 4.99 Å². The molecular weight excluding hydrogens is 370 g/mol. The predicted molar refractivity (Wildman–Crippen MR) is 112 cm³/mol. The van der Waals surface area contributed by atoms with E-state index in [1.807, 2.05) is 0 Å².